The van der Waals surface area contributed by atoms with E-state index in [9.17, 15) is 14.7 Å². The summed E-state index contributed by atoms with van der Waals surface area (Å²) in [6, 6.07) is 0. The van der Waals surface area contributed by atoms with Crippen molar-refractivity contribution in [2.75, 3.05) is 46.2 Å². The Kier molecular flexibility index (Phi) is 12.2. The molecule has 0 aliphatic carbocycles. The number of aliphatic hydroxyl groups excluding tert-OH is 1. The zero-order valence-corrected chi connectivity index (χ0v) is 14.6. The van der Waals surface area contributed by atoms with Gasteiger partial charge in [-0.2, -0.15) is 0 Å². The first-order valence-electron chi connectivity index (χ1n) is 7.80. The van der Waals surface area contributed by atoms with Crippen molar-refractivity contribution in [1.82, 2.24) is 5.32 Å². The number of hydrogen-bond donors (Lipinski definition) is 3. The minimum Gasteiger partial charge on any atom is -0.480 e. The number of nitrogens with one attached hydrogen (secondary N) is 1. The monoisotopic (exact) mass is 351 g/mol. The van der Waals surface area contributed by atoms with Crippen molar-refractivity contribution >= 4 is 12.1 Å². The highest BCUT2D eigenvalue weighted by atomic mass is 16.6. The third-order valence-corrected chi connectivity index (χ3v) is 2.43. The molecular formula is C15H29NO8. The largest absolute Gasteiger partial charge is 0.480 e. The summed E-state index contributed by atoms with van der Waals surface area (Å²) in [5.74, 6) is -1.02. The number of aliphatic hydroxyl groups is 1. The smallest absolute Gasteiger partial charge is 0.407 e. The predicted octanol–water partition coefficient (Wildman–Crippen LogP) is 0.397. The maximum Gasteiger partial charge on any atom is 0.407 e. The van der Waals surface area contributed by atoms with Crippen LogP contribution in [0.2, 0.25) is 0 Å². The zero-order valence-electron chi connectivity index (χ0n) is 14.6. The fourth-order valence-corrected chi connectivity index (χ4v) is 1.45. The lowest BCUT2D eigenvalue weighted by Crippen LogP contribution is -2.34. The van der Waals surface area contributed by atoms with Crippen LogP contribution < -0.4 is 5.32 Å². The molecule has 0 saturated carbocycles. The highest BCUT2D eigenvalue weighted by Crippen LogP contribution is 2.06. The lowest BCUT2D eigenvalue weighted by Gasteiger charge is -2.20. The van der Waals surface area contributed by atoms with E-state index < -0.39 is 23.8 Å². The predicted molar refractivity (Wildman–Crippen MR) is 85.0 cm³/mol. The normalized spacial score (nSPS) is 12.7. The molecular weight excluding hydrogens is 322 g/mol. The maximum absolute atomic E-state index is 11.4. The molecule has 1 atom stereocenters. The van der Waals surface area contributed by atoms with E-state index in [0.29, 0.717) is 19.6 Å². The van der Waals surface area contributed by atoms with E-state index in [2.05, 4.69) is 5.32 Å². The van der Waals surface area contributed by atoms with Gasteiger partial charge < -0.3 is 34.5 Å². The summed E-state index contributed by atoms with van der Waals surface area (Å²) < 4.78 is 20.2. The molecule has 0 fully saturated rings. The summed E-state index contributed by atoms with van der Waals surface area (Å²) in [6.45, 7) is 6.50. The number of ether oxygens (including phenoxy) is 4. The molecule has 1 amide bonds. The Morgan fingerprint density at radius 3 is 2.21 bits per heavy atom. The van der Waals surface area contributed by atoms with E-state index in [4.69, 9.17) is 24.1 Å². The molecule has 24 heavy (non-hydrogen) atoms. The van der Waals surface area contributed by atoms with Gasteiger partial charge in [-0.1, -0.05) is 0 Å². The van der Waals surface area contributed by atoms with Crippen molar-refractivity contribution in [1.29, 1.82) is 0 Å². The molecule has 9 heteroatoms. The zero-order chi connectivity index (χ0) is 18.4. The molecule has 0 aromatic rings. The second-order valence-corrected chi connectivity index (χ2v) is 6.00. The summed E-state index contributed by atoms with van der Waals surface area (Å²) in [5, 5.41) is 20.6. The number of amides is 1. The summed E-state index contributed by atoms with van der Waals surface area (Å²) in [6.07, 6.45) is -0.865. The Morgan fingerprint density at radius 1 is 1.04 bits per heavy atom. The van der Waals surface area contributed by atoms with Crippen LogP contribution in [0, 0.1) is 0 Å². The van der Waals surface area contributed by atoms with Crippen LogP contribution >= 0.6 is 0 Å². The first kappa shape index (κ1) is 22.6. The minimum atomic E-state index is -1.02. The van der Waals surface area contributed by atoms with Crippen molar-refractivity contribution < 1.29 is 38.7 Å². The van der Waals surface area contributed by atoms with Gasteiger partial charge in [0.25, 0.3) is 0 Å². The molecule has 0 spiro atoms. The number of carboxylic acids is 1. The van der Waals surface area contributed by atoms with Gasteiger partial charge in [0.1, 0.15) is 12.2 Å². The van der Waals surface area contributed by atoms with E-state index in [1.54, 1.807) is 20.8 Å². The quantitative estimate of drug-likeness (QED) is 0.407. The van der Waals surface area contributed by atoms with Gasteiger partial charge in [-0.25, -0.2) is 9.59 Å². The van der Waals surface area contributed by atoms with Gasteiger partial charge in [-0.05, 0) is 27.2 Å². The van der Waals surface area contributed by atoms with Crippen molar-refractivity contribution in [2.45, 2.75) is 38.9 Å². The third-order valence-electron chi connectivity index (χ3n) is 2.43. The summed E-state index contributed by atoms with van der Waals surface area (Å²) in [7, 11) is 0. The second-order valence-electron chi connectivity index (χ2n) is 6.00. The summed E-state index contributed by atoms with van der Waals surface area (Å²) >= 11 is 0. The van der Waals surface area contributed by atoms with E-state index in [1.807, 2.05) is 0 Å². The molecule has 0 aromatic carbocycles. The molecule has 0 heterocycles. The Morgan fingerprint density at radius 2 is 1.62 bits per heavy atom. The van der Waals surface area contributed by atoms with Crippen LogP contribution in [0.15, 0.2) is 0 Å². The number of carboxylic acid groups (broad SMARTS) is 1. The van der Waals surface area contributed by atoms with Gasteiger partial charge in [-0.3, -0.25) is 0 Å². The van der Waals surface area contributed by atoms with Crippen LogP contribution in [-0.4, -0.2) is 80.2 Å². The number of hydrogen-bond acceptors (Lipinski definition) is 7. The molecule has 0 rings (SSSR count). The molecule has 1 unspecified atom stereocenters. The Labute approximate surface area is 142 Å². The lowest BCUT2D eigenvalue weighted by atomic mass is 10.2. The number of alkyl carbamates (subject to hydrolysis) is 1. The first-order valence-corrected chi connectivity index (χ1v) is 7.80. The average Bonchev–Trinajstić information content (AvgIpc) is 2.43. The van der Waals surface area contributed by atoms with Crippen molar-refractivity contribution in [3.05, 3.63) is 0 Å². The van der Waals surface area contributed by atoms with E-state index >= 15 is 0 Å². The molecule has 0 aliphatic heterocycles. The maximum atomic E-state index is 11.4. The second kappa shape index (κ2) is 12.9. The Balaban J connectivity index is 3.39. The standard InChI is InChI=1S/C15H29NO8/c1-15(2,3)24-14(20)16-5-4-12(17)10-22-8-6-21-7-9-23-11-13(18)19/h12,17H,4-11H2,1-3H3,(H,16,20)(H,18,19). The Hall–Kier alpha value is -1.42. The van der Waals surface area contributed by atoms with Gasteiger partial charge >= 0.3 is 12.1 Å². The van der Waals surface area contributed by atoms with E-state index in [0.717, 1.165) is 0 Å². The van der Waals surface area contributed by atoms with Crippen LogP contribution in [0.5, 0.6) is 0 Å². The van der Waals surface area contributed by atoms with Crippen molar-refractivity contribution in [3.8, 4) is 0 Å². The highest BCUT2D eigenvalue weighted by molar-refractivity contribution is 5.68. The van der Waals surface area contributed by atoms with Gasteiger partial charge in [0, 0.05) is 6.54 Å². The van der Waals surface area contributed by atoms with Gasteiger partial charge in [-0.15, -0.1) is 0 Å². The third kappa shape index (κ3) is 16.9. The van der Waals surface area contributed by atoms with Gasteiger partial charge in [0.2, 0.25) is 0 Å². The first-order chi connectivity index (χ1) is 11.2. The molecule has 9 nitrogen and oxygen atoms in total. The van der Waals surface area contributed by atoms with Crippen molar-refractivity contribution in [3.63, 3.8) is 0 Å². The lowest BCUT2D eigenvalue weighted by molar-refractivity contribution is -0.142. The topological polar surface area (TPSA) is 124 Å². The van der Waals surface area contributed by atoms with Gasteiger partial charge in [0.15, 0.2) is 0 Å². The van der Waals surface area contributed by atoms with Crippen LogP contribution in [-0.2, 0) is 23.7 Å². The summed E-state index contributed by atoms with van der Waals surface area (Å²) in [4.78, 5) is 21.6. The molecule has 3 N–H and O–H groups in total. The van der Waals surface area contributed by atoms with Crippen LogP contribution in [0.1, 0.15) is 27.2 Å². The number of aliphatic carboxylic acids is 1. The van der Waals surface area contributed by atoms with Crippen molar-refractivity contribution in [2.24, 2.45) is 0 Å². The SMILES string of the molecule is CC(C)(C)OC(=O)NCCC(O)COCCOCCOCC(=O)O. The average molecular weight is 351 g/mol. The van der Waals surface area contributed by atoms with E-state index in [-0.39, 0.29) is 33.0 Å². The molecule has 0 radical (unpaired) electrons. The fraction of sp³-hybridized carbons (Fsp3) is 0.867. The van der Waals surface area contributed by atoms with Crippen LogP contribution in [0.3, 0.4) is 0 Å². The highest BCUT2D eigenvalue weighted by Gasteiger charge is 2.15. The van der Waals surface area contributed by atoms with Crippen LogP contribution in [0.4, 0.5) is 4.79 Å². The minimum absolute atomic E-state index is 0.134. The van der Waals surface area contributed by atoms with Crippen LogP contribution in [0.25, 0.3) is 0 Å². The number of rotatable bonds is 13. The Bertz CT molecular complexity index is 356. The molecule has 142 valence electrons. The molecule has 0 aromatic heterocycles. The number of carbonyl (C=O) groups is 2. The fourth-order valence-electron chi connectivity index (χ4n) is 1.45. The molecule has 0 saturated heterocycles. The number of carbonyl (C=O) groups excluding carboxylic acids is 1. The van der Waals surface area contributed by atoms with E-state index in [1.165, 1.54) is 0 Å². The van der Waals surface area contributed by atoms with Gasteiger partial charge in [0.05, 0.1) is 39.1 Å². The summed E-state index contributed by atoms with van der Waals surface area (Å²) in [5.41, 5.74) is -0.551. The molecule has 0 bridgehead atoms. The molecule has 0 aliphatic rings.